The third-order valence-corrected chi connectivity index (χ3v) is 4.31. The summed E-state index contributed by atoms with van der Waals surface area (Å²) < 4.78 is 1.88. The third kappa shape index (κ3) is 3.86. The van der Waals surface area contributed by atoms with Crippen molar-refractivity contribution in [2.24, 2.45) is 0 Å². The predicted molar refractivity (Wildman–Crippen MR) is 105 cm³/mol. The number of aryl methyl sites for hydroxylation is 1. The summed E-state index contributed by atoms with van der Waals surface area (Å²) in [5.41, 5.74) is 2.95. The highest BCUT2D eigenvalue weighted by Crippen LogP contribution is 2.24. The van der Waals surface area contributed by atoms with Crippen LogP contribution in [0.4, 0.5) is 0 Å². The molecule has 1 aromatic heterocycles. The number of carboxylic acids is 1. The lowest BCUT2D eigenvalue weighted by Gasteiger charge is -2.09. The van der Waals surface area contributed by atoms with Crippen molar-refractivity contribution >= 4 is 23.6 Å². The fraction of sp³-hybridized carbons (Fsp3) is 0.200. The highest BCUT2D eigenvalue weighted by molar-refractivity contribution is 7.79. The van der Waals surface area contributed by atoms with Gasteiger partial charge in [-0.1, -0.05) is 61.6 Å². The first-order valence-corrected chi connectivity index (χ1v) is 8.90. The van der Waals surface area contributed by atoms with Gasteiger partial charge in [0.05, 0.1) is 12.1 Å². The van der Waals surface area contributed by atoms with E-state index in [1.807, 2.05) is 41.1 Å². The lowest BCUT2D eigenvalue weighted by Crippen LogP contribution is -2.07. The van der Waals surface area contributed by atoms with E-state index in [4.69, 9.17) is 12.2 Å². The van der Waals surface area contributed by atoms with E-state index in [2.05, 4.69) is 17.0 Å². The molecule has 0 spiro atoms. The Labute approximate surface area is 157 Å². The van der Waals surface area contributed by atoms with Gasteiger partial charge in [0.1, 0.15) is 5.82 Å². The second-order valence-corrected chi connectivity index (χ2v) is 6.20. The number of thiocarbonyl (C=S) groups is 1. The van der Waals surface area contributed by atoms with E-state index < -0.39 is 5.97 Å². The molecule has 0 aliphatic heterocycles. The lowest BCUT2D eigenvalue weighted by atomic mass is 9.99. The summed E-state index contributed by atoms with van der Waals surface area (Å²) in [6, 6.07) is 14.9. The molecule has 0 saturated heterocycles. The van der Waals surface area contributed by atoms with Gasteiger partial charge in [0.2, 0.25) is 0 Å². The van der Waals surface area contributed by atoms with Gasteiger partial charge in [-0.05, 0) is 29.2 Å². The topological polar surface area (TPSA) is 68.0 Å². The molecule has 0 fully saturated rings. The maximum absolute atomic E-state index is 11.4. The minimum Gasteiger partial charge on any atom is -0.478 e. The largest absolute Gasteiger partial charge is 0.478 e. The monoisotopic (exact) mass is 365 g/mol. The SMILES string of the molecule is CCCc1nc(C=S)nn1Cc1ccc(-c2ccccc2C(=O)O)cc1. The van der Waals surface area contributed by atoms with Gasteiger partial charge in [-0.2, -0.15) is 5.10 Å². The van der Waals surface area contributed by atoms with E-state index in [9.17, 15) is 9.90 Å². The number of rotatable bonds is 7. The summed E-state index contributed by atoms with van der Waals surface area (Å²) >= 11 is 4.93. The molecule has 0 aliphatic carbocycles. The Bertz CT molecular complexity index is 932. The van der Waals surface area contributed by atoms with Crippen molar-refractivity contribution in [3.63, 3.8) is 0 Å². The predicted octanol–water partition coefficient (Wildman–Crippen LogP) is 3.99. The molecule has 0 amide bonds. The molecule has 26 heavy (non-hydrogen) atoms. The van der Waals surface area contributed by atoms with Crippen molar-refractivity contribution in [1.82, 2.24) is 14.8 Å². The number of hydrogen-bond acceptors (Lipinski definition) is 4. The number of aromatic nitrogens is 3. The van der Waals surface area contributed by atoms with Gasteiger partial charge < -0.3 is 5.11 Å². The third-order valence-electron chi connectivity index (χ3n) is 4.10. The van der Waals surface area contributed by atoms with Gasteiger partial charge in [0.15, 0.2) is 5.82 Å². The van der Waals surface area contributed by atoms with Gasteiger partial charge in [0.25, 0.3) is 0 Å². The molecule has 0 saturated carbocycles. The van der Waals surface area contributed by atoms with Crippen molar-refractivity contribution in [3.05, 3.63) is 71.3 Å². The molecular weight excluding hydrogens is 346 g/mol. The van der Waals surface area contributed by atoms with E-state index in [1.165, 1.54) is 5.37 Å². The molecule has 6 heteroatoms. The van der Waals surface area contributed by atoms with Gasteiger partial charge in [-0.15, -0.1) is 0 Å². The van der Waals surface area contributed by atoms with Gasteiger partial charge in [-0.25, -0.2) is 14.5 Å². The molecule has 0 aliphatic rings. The van der Waals surface area contributed by atoms with Crippen LogP contribution in [0.3, 0.4) is 0 Å². The van der Waals surface area contributed by atoms with Crippen molar-refractivity contribution in [2.45, 2.75) is 26.3 Å². The van der Waals surface area contributed by atoms with Crippen LogP contribution in [0.25, 0.3) is 11.1 Å². The Kier molecular flexibility index (Phi) is 5.53. The summed E-state index contributed by atoms with van der Waals surface area (Å²) in [6.07, 6.45) is 1.83. The van der Waals surface area contributed by atoms with E-state index in [0.717, 1.165) is 29.8 Å². The Morgan fingerprint density at radius 3 is 2.58 bits per heavy atom. The van der Waals surface area contributed by atoms with Crippen LogP contribution >= 0.6 is 12.2 Å². The Balaban J connectivity index is 1.86. The highest BCUT2D eigenvalue weighted by Gasteiger charge is 2.12. The van der Waals surface area contributed by atoms with Crippen LogP contribution in [-0.4, -0.2) is 31.2 Å². The maximum atomic E-state index is 11.4. The van der Waals surface area contributed by atoms with Crippen LogP contribution in [0.5, 0.6) is 0 Å². The number of nitrogens with zero attached hydrogens (tertiary/aromatic N) is 3. The molecular formula is C20H19N3O2S. The van der Waals surface area contributed by atoms with Crippen LogP contribution in [0.15, 0.2) is 48.5 Å². The standard InChI is InChI=1S/C20H19N3O2S/c1-2-5-19-21-18(13-26)22-23(19)12-14-8-10-15(11-9-14)16-6-3-4-7-17(16)20(24)25/h3-4,6-11,13H,2,5,12H2,1H3,(H,24,25). The number of carboxylic acid groups (broad SMARTS) is 1. The van der Waals surface area contributed by atoms with E-state index in [0.29, 0.717) is 23.5 Å². The maximum Gasteiger partial charge on any atom is 0.336 e. The summed E-state index contributed by atoms with van der Waals surface area (Å²) in [5.74, 6) is 0.559. The first-order chi connectivity index (χ1) is 12.6. The van der Waals surface area contributed by atoms with Crippen LogP contribution in [-0.2, 0) is 13.0 Å². The Morgan fingerprint density at radius 1 is 1.19 bits per heavy atom. The minimum absolute atomic E-state index is 0.299. The first-order valence-electron chi connectivity index (χ1n) is 8.43. The van der Waals surface area contributed by atoms with Crippen molar-refractivity contribution < 1.29 is 9.90 Å². The molecule has 1 N–H and O–H groups in total. The zero-order valence-electron chi connectivity index (χ0n) is 14.4. The minimum atomic E-state index is -0.927. The van der Waals surface area contributed by atoms with Gasteiger partial charge in [0, 0.05) is 11.8 Å². The molecule has 3 aromatic rings. The number of benzene rings is 2. The number of carbonyl (C=O) groups is 1. The molecule has 0 bridgehead atoms. The van der Waals surface area contributed by atoms with Crippen molar-refractivity contribution in [2.75, 3.05) is 0 Å². The van der Waals surface area contributed by atoms with Crippen molar-refractivity contribution in [3.8, 4) is 11.1 Å². The van der Waals surface area contributed by atoms with Gasteiger partial charge in [-0.3, -0.25) is 0 Å². The fourth-order valence-corrected chi connectivity index (χ4v) is 2.96. The number of hydrogen-bond donors (Lipinski definition) is 1. The molecule has 1 heterocycles. The summed E-state index contributed by atoms with van der Waals surface area (Å²) in [6.45, 7) is 2.71. The zero-order valence-corrected chi connectivity index (χ0v) is 15.2. The van der Waals surface area contributed by atoms with E-state index in [-0.39, 0.29) is 0 Å². The average Bonchev–Trinajstić information content (AvgIpc) is 3.04. The lowest BCUT2D eigenvalue weighted by molar-refractivity contribution is 0.0697. The van der Waals surface area contributed by atoms with Crippen LogP contribution in [0.1, 0.15) is 40.9 Å². The highest BCUT2D eigenvalue weighted by atomic mass is 32.1. The normalized spacial score (nSPS) is 10.7. The fourth-order valence-electron chi connectivity index (χ4n) is 2.86. The zero-order chi connectivity index (χ0) is 18.5. The van der Waals surface area contributed by atoms with Crippen LogP contribution in [0.2, 0.25) is 0 Å². The quantitative estimate of drug-likeness (QED) is 0.641. The molecule has 5 nitrogen and oxygen atoms in total. The van der Waals surface area contributed by atoms with Crippen molar-refractivity contribution in [1.29, 1.82) is 0 Å². The average molecular weight is 365 g/mol. The second kappa shape index (κ2) is 8.01. The Morgan fingerprint density at radius 2 is 1.92 bits per heavy atom. The summed E-state index contributed by atoms with van der Waals surface area (Å²) in [5, 5.41) is 15.3. The molecule has 132 valence electrons. The molecule has 2 aromatic carbocycles. The van der Waals surface area contributed by atoms with E-state index >= 15 is 0 Å². The Hall–Kier alpha value is -2.86. The summed E-state index contributed by atoms with van der Waals surface area (Å²) in [4.78, 5) is 15.8. The van der Waals surface area contributed by atoms with Gasteiger partial charge >= 0.3 is 5.97 Å². The first kappa shape index (κ1) is 17.9. The van der Waals surface area contributed by atoms with E-state index in [1.54, 1.807) is 12.1 Å². The van der Waals surface area contributed by atoms with Crippen LogP contribution < -0.4 is 0 Å². The second-order valence-electron chi connectivity index (χ2n) is 5.96. The summed E-state index contributed by atoms with van der Waals surface area (Å²) in [7, 11) is 0. The number of aromatic carboxylic acids is 1. The smallest absolute Gasteiger partial charge is 0.336 e. The molecule has 3 rings (SSSR count). The molecule has 0 unspecified atom stereocenters. The molecule has 0 atom stereocenters. The van der Waals surface area contributed by atoms with Crippen LogP contribution in [0, 0.1) is 0 Å². The molecule has 0 radical (unpaired) electrons.